The average molecular weight is 358 g/mol. The number of fused-ring (bicyclic) bond motifs is 1. The molecule has 0 saturated carbocycles. The Morgan fingerprint density at radius 1 is 0.760 bits per heavy atom. The largest absolute Gasteiger partial charge is 0.419 e. The van der Waals surface area contributed by atoms with E-state index >= 15 is 0 Å². The lowest BCUT2D eigenvalue weighted by Gasteiger charge is -2.11. The van der Waals surface area contributed by atoms with Gasteiger partial charge in [0.25, 0.3) is 0 Å². The van der Waals surface area contributed by atoms with Crippen molar-refractivity contribution in [1.29, 1.82) is 0 Å². The molecular formula is C15H8F6N4. The van der Waals surface area contributed by atoms with Gasteiger partial charge < -0.3 is 5.32 Å². The Kier molecular flexibility index (Phi) is 3.97. The minimum atomic E-state index is -4.56. The van der Waals surface area contributed by atoms with Gasteiger partial charge in [-0.2, -0.15) is 26.3 Å². The smallest absolute Gasteiger partial charge is 0.323 e. The van der Waals surface area contributed by atoms with Crippen LogP contribution in [-0.2, 0) is 12.4 Å². The van der Waals surface area contributed by atoms with Crippen molar-refractivity contribution in [2.24, 2.45) is 0 Å². The number of alkyl halides is 6. The van der Waals surface area contributed by atoms with E-state index in [1.165, 1.54) is 18.3 Å². The summed E-state index contributed by atoms with van der Waals surface area (Å²) < 4.78 is 75.7. The van der Waals surface area contributed by atoms with Crippen molar-refractivity contribution < 1.29 is 26.3 Å². The third-order valence-electron chi connectivity index (χ3n) is 3.30. The summed E-state index contributed by atoms with van der Waals surface area (Å²) in [4.78, 5) is 11.0. The number of rotatable bonds is 2. The zero-order valence-electron chi connectivity index (χ0n) is 12.2. The van der Waals surface area contributed by atoms with E-state index in [1.807, 2.05) is 0 Å². The summed E-state index contributed by atoms with van der Waals surface area (Å²) in [6, 6.07) is 4.45. The SMILES string of the molecule is FC(F)(F)c1cnc(Nc2ccnc3cc(C(F)(F)F)ccc23)nc1. The van der Waals surface area contributed by atoms with Crippen LogP contribution < -0.4 is 5.32 Å². The van der Waals surface area contributed by atoms with E-state index < -0.39 is 23.5 Å². The van der Waals surface area contributed by atoms with Crippen LogP contribution in [0.2, 0.25) is 0 Å². The van der Waals surface area contributed by atoms with Gasteiger partial charge in [0.05, 0.1) is 22.3 Å². The van der Waals surface area contributed by atoms with E-state index in [4.69, 9.17) is 0 Å². The molecule has 3 rings (SSSR count). The molecule has 1 aromatic carbocycles. The van der Waals surface area contributed by atoms with Gasteiger partial charge in [0.15, 0.2) is 0 Å². The van der Waals surface area contributed by atoms with E-state index in [-0.39, 0.29) is 11.5 Å². The highest BCUT2D eigenvalue weighted by molar-refractivity contribution is 5.92. The number of hydrogen-bond donors (Lipinski definition) is 1. The highest BCUT2D eigenvalue weighted by atomic mass is 19.4. The average Bonchev–Trinajstić information content (AvgIpc) is 2.53. The molecule has 0 atom stereocenters. The minimum Gasteiger partial charge on any atom is -0.323 e. The molecule has 0 unspecified atom stereocenters. The second kappa shape index (κ2) is 5.87. The maximum Gasteiger partial charge on any atom is 0.419 e. The predicted octanol–water partition coefficient (Wildman–Crippen LogP) is 4.81. The van der Waals surface area contributed by atoms with Crippen LogP contribution in [0, 0.1) is 0 Å². The molecule has 3 aromatic rings. The van der Waals surface area contributed by atoms with Crippen LogP contribution in [0.4, 0.5) is 38.0 Å². The van der Waals surface area contributed by atoms with Crippen LogP contribution in [0.25, 0.3) is 10.9 Å². The first-order chi connectivity index (χ1) is 11.6. The molecule has 0 aliphatic rings. The molecule has 0 fully saturated rings. The molecule has 25 heavy (non-hydrogen) atoms. The van der Waals surface area contributed by atoms with Crippen molar-refractivity contribution in [3.63, 3.8) is 0 Å². The second-order valence-electron chi connectivity index (χ2n) is 5.01. The topological polar surface area (TPSA) is 50.7 Å². The summed E-state index contributed by atoms with van der Waals surface area (Å²) in [6.07, 6.45) is -6.57. The summed E-state index contributed by atoms with van der Waals surface area (Å²) >= 11 is 0. The molecule has 4 nitrogen and oxygen atoms in total. The van der Waals surface area contributed by atoms with Gasteiger partial charge in [0.1, 0.15) is 0 Å². The maximum absolute atomic E-state index is 12.7. The van der Waals surface area contributed by atoms with Crippen molar-refractivity contribution in [2.45, 2.75) is 12.4 Å². The highest BCUT2D eigenvalue weighted by Crippen LogP contribution is 2.33. The maximum atomic E-state index is 12.7. The summed E-state index contributed by atoms with van der Waals surface area (Å²) in [5, 5.41) is 3.02. The Balaban J connectivity index is 1.94. The Morgan fingerprint density at radius 3 is 2.00 bits per heavy atom. The Bertz CT molecular complexity index is 903. The van der Waals surface area contributed by atoms with E-state index in [2.05, 4.69) is 20.3 Å². The number of anilines is 2. The number of nitrogens with one attached hydrogen (secondary N) is 1. The van der Waals surface area contributed by atoms with Crippen LogP contribution in [0.15, 0.2) is 42.9 Å². The molecule has 0 aliphatic carbocycles. The molecule has 10 heteroatoms. The molecule has 0 aliphatic heterocycles. The van der Waals surface area contributed by atoms with Gasteiger partial charge in [-0.25, -0.2) is 9.97 Å². The molecule has 130 valence electrons. The molecular weight excluding hydrogens is 350 g/mol. The first-order valence-electron chi connectivity index (χ1n) is 6.77. The monoisotopic (exact) mass is 358 g/mol. The standard InChI is InChI=1S/C15H8F6N4/c16-14(17,18)8-1-2-10-11(3-4-22-12(10)5-8)25-13-23-6-9(7-24-13)15(19,20)21/h1-7H,(H,22,23,24,25). The third-order valence-corrected chi connectivity index (χ3v) is 3.30. The zero-order valence-corrected chi connectivity index (χ0v) is 12.2. The lowest BCUT2D eigenvalue weighted by Crippen LogP contribution is -2.07. The highest BCUT2D eigenvalue weighted by Gasteiger charge is 2.32. The quantitative estimate of drug-likeness (QED) is 0.668. The first kappa shape index (κ1) is 16.9. The molecule has 0 amide bonds. The van der Waals surface area contributed by atoms with E-state index in [0.717, 1.165) is 12.1 Å². The fourth-order valence-electron chi connectivity index (χ4n) is 2.09. The number of aromatic nitrogens is 3. The lowest BCUT2D eigenvalue weighted by molar-refractivity contribution is -0.138. The number of benzene rings is 1. The Labute approximate surface area is 136 Å². The van der Waals surface area contributed by atoms with Crippen LogP contribution in [0.5, 0.6) is 0 Å². The second-order valence-corrected chi connectivity index (χ2v) is 5.01. The van der Waals surface area contributed by atoms with Crippen molar-refractivity contribution in [3.8, 4) is 0 Å². The van der Waals surface area contributed by atoms with Crippen LogP contribution in [-0.4, -0.2) is 15.0 Å². The summed E-state index contributed by atoms with van der Waals surface area (Å²) in [5.74, 6) is -0.125. The minimum absolute atomic E-state index is 0.0757. The summed E-state index contributed by atoms with van der Waals surface area (Å²) in [5.41, 5.74) is -1.46. The number of hydrogen-bond acceptors (Lipinski definition) is 4. The van der Waals surface area contributed by atoms with Gasteiger partial charge in [0.2, 0.25) is 5.95 Å². The fraction of sp³-hybridized carbons (Fsp3) is 0.133. The third kappa shape index (κ3) is 3.62. The van der Waals surface area contributed by atoms with E-state index in [1.54, 1.807) is 0 Å². The number of pyridine rings is 1. The molecule has 2 aromatic heterocycles. The van der Waals surface area contributed by atoms with Crippen LogP contribution >= 0.6 is 0 Å². The summed E-state index contributed by atoms with van der Waals surface area (Å²) in [7, 11) is 0. The van der Waals surface area contributed by atoms with Gasteiger partial charge in [-0.1, -0.05) is 6.07 Å². The predicted molar refractivity (Wildman–Crippen MR) is 77.1 cm³/mol. The number of nitrogens with zero attached hydrogens (tertiary/aromatic N) is 3. The fourth-order valence-corrected chi connectivity index (χ4v) is 2.09. The molecule has 2 heterocycles. The van der Waals surface area contributed by atoms with Crippen molar-refractivity contribution in [2.75, 3.05) is 5.32 Å². The normalized spacial score (nSPS) is 12.4. The van der Waals surface area contributed by atoms with Crippen LogP contribution in [0.1, 0.15) is 11.1 Å². The van der Waals surface area contributed by atoms with Gasteiger partial charge in [0, 0.05) is 24.0 Å². The number of halogens is 6. The van der Waals surface area contributed by atoms with Gasteiger partial charge in [-0.15, -0.1) is 0 Å². The molecule has 0 saturated heterocycles. The van der Waals surface area contributed by atoms with E-state index in [9.17, 15) is 26.3 Å². The summed E-state index contributed by atoms with van der Waals surface area (Å²) in [6.45, 7) is 0. The van der Waals surface area contributed by atoms with Crippen molar-refractivity contribution in [3.05, 3.63) is 54.0 Å². The van der Waals surface area contributed by atoms with Crippen molar-refractivity contribution >= 4 is 22.5 Å². The Morgan fingerprint density at radius 2 is 1.40 bits per heavy atom. The Hall–Kier alpha value is -2.91. The zero-order chi connectivity index (χ0) is 18.2. The first-order valence-corrected chi connectivity index (χ1v) is 6.77. The van der Waals surface area contributed by atoms with Gasteiger partial charge in [-0.3, -0.25) is 4.98 Å². The van der Waals surface area contributed by atoms with Gasteiger partial charge >= 0.3 is 12.4 Å². The van der Waals surface area contributed by atoms with Crippen LogP contribution in [0.3, 0.4) is 0 Å². The molecule has 1 N–H and O–H groups in total. The molecule has 0 radical (unpaired) electrons. The lowest BCUT2D eigenvalue weighted by atomic mass is 10.1. The molecule has 0 bridgehead atoms. The van der Waals surface area contributed by atoms with Crippen molar-refractivity contribution in [1.82, 2.24) is 15.0 Å². The van der Waals surface area contributed by atoms with Gasteiger partial charge in [-0.05, 0) is 18.2 Å². The molecule has 0 spiro atoms. The van der Waals surface area contributed by atoms with E-state index in [0.29, 0.717) is 23.5 Å².